The van der Waals surface area contributed by atoms with Crippen LogP contribution in [0.2, 0.25) is 0 Å². The van der Waals surface area contributed by atoms with E-state index in [2.05, 4.69) is 82.9 Å². The largest absolute Gasteiger partial charge is 0.285 e. The Morgan fingerprint density at radius 3 is 1.33 bits per heavy atom. The summed E-state index contributed by atoms with van der Waals surface area (Å²) in [6.07, 6.45) is 0. The van der Waals surface area contributed by atoms with Gasteiger partial charge in [-0.2, -0.15) is 0 Å². The molecule has 0 aliphatic heterocycles. The van der Waals surface area contributed by atoms with Crippen LogP contribution in [0.5, 0.6) is 0 Å². The van der Waals surface area contributed by atoms with Crippen molar-refractivity contribution in [3.05, 3.63) is 0 Å². The van der Waals surface area contributed by atoms with Crippen LogP contribution in [0.4, 0.5) is 0 Å². The molecule has 0 amide bonds. The van der Waals surface area contributed by atoms with Gasteiger partial charge in [-0.05, 0) is 83.9 Å². The van der Waals surface area contributed by atoms with E-state index in [0.717, 1.165) is 0 Å². The Kier molecular flexibility index (Phi) is 9.45. The van der Waals surface area contributed by atoms with E-state index in [1.165, 1.54) is 6.92 Å². The Morgan fingerprint density at radius 1 is 0.667 bits per heavy atom. The van der Waals surface area contributed by atoms with Crippen molar-refractivity contribution in [1.82, 2.24) is 0 Å². The number of ketones is 1. The summed E-state index contributed by atoms with van der Waals surface area (Å²) in [5.74, 6) is 34.2. The third kappa shape index (κ3) is 12.6. The summed E-state index contributed by atoms with van der Waals surface area (Å²) in [7, 11) is 0. The van der Waals surface area contributed by atoms with Crippen LogP contribution < -0.4 is 0 Å². The summed E-state index contributed by atoms with van der Waals surface area (Å²) in [6, 6.07) is 0. The molecule has 0 saturated heterocycles. The zero-order valence-electron chi connectivity index (χ0n) is 9.91. The lowest BCUT2D eigenvalue weighted by molar-refractivity contribution is -0.111. The van der Waals surface area contributed by atoms with Gasteiger partial charge in [-0.3, -0.25) is 4.79 Å². The van der Waals surface area contributed by atoms with Gasteiger partial charge >= 0.3 is 0 Å². The van der Waals surface area contributed by atoms with Crippen LogP contribution in [0.1, 0.15) is 26.7 Å². The number of rotatable bonds is 0. The minimum absolute atomic E-state index is 0. The van der Waals surface area contributed by atoms with E-state index in [-0.39, 0.29) is 18.6 Å². The molecule has 0 N–H and O–H groups in total. The highest BCUT2D eigenvalue weighted by atomic mass is 16.1. The lowest BCUT2D eigenvalue weighted by atomic mass is 10.4. The van der Waals surface area contributed by atoms with Gasteiger partial charge in [0.05, 0.1) is 0 Å². The van der Waals surface area contributed by atoms with Gasteiger partial charge in [0.25, 0.3) is 0 Å². The molecule has 0 aliphatic rings. The van der Waals surface area contributed by atoms with Gasteiger partial charge in [-0.25, -0.2) is 0 Å². The molecule has 1 heteroatoms. The fourth-order valence-electron chi connectivity index (χ4n) is 0.494. The molecule has 0 radical (unpaired) electrons. The molecule has 0 spiro atoms. The molecule has 0 aromatic heterocycles. The van der Waals surface area contributed by atoms with E-state index in [1.54, 1.807) is 6.92 Å². The Morgan fingerprint density at radius 2 is 1.00 bits per heavy atom. The molecule has 0 atom stereocenters. The second-order valence-electron chi connectivity index (χ2n) is 2.43. The van der Waals surface area contributed by atoms with Crippen molar-refractivity contribution in [3.63, 3.8) is 0 Å². The Hall–Kier alpha value is -3.41. The van der Waals surface area contributed by atoms with Crippen molar-refractivity contribution in [3.8, 4) is 82.9 Å². The van der Waals surface area contributed by atoms with Gasteiger partial charge in [0.1, 0.15) is 0 Å². The van der Waals surface area contributed by atoms with Crippen molar-refractivity contribution >= 4 is 5.78 Å². The smallest absolute Gasteiger partial charge is 0.203 e. The van der Waals surface area contributed by atoms with Crippen molar-refractivity contribution in [2.75, 3.05) is 0 Å². The standard InChI is InChI=1S/C17H6O.9H2/c1-3-4-5-6-7-8-9-10-11-12-13-14-15-16-17(2)18;;;;;;;;;/h1-2H3;9*1H. The van der Waals surface area contributed by atoms with Crippen molar-refractivity contribution in [1.29, 1.82) is 0 Å². The maximum Gasteiger partial charge on any atom is 0.203 e. The van der Waals surface area contributed by atoms with Gasteiger partial charge in [-0.15, -0.1) is 0 Å². The molecular weight excluding hydrogens is 220 g/mol. The highest BCUT2D eigenvalue weighted by Gasteiger charge is 1.74. The minimum atomic E-state index is -0.235. The second-order valence-corrected chi connectivity index (χ2v) is 2.43. The average Bonchev–Trinajstić information content (AvgIpc) is 2.34. The Labute approximate surface area is 121 Å². The Bertz CT molecular complexity index is 769. The summed E-state index contributed by atoms with van der Waals surface area (Å²) in [4.78, 5) is 10.4. The molecule has 98 valence electrons. The molecule has 0 unspecified atom stereocenters. The second kappa shape index (κ2) is 11.7. The SMILES string of the molecule is CC#CC#CC#CC#CC#CC#CC#CC(C)=O.[HH].[HH].[HH].[HH].[HH].[HH].[HH].[HH].[HH]. The van der Waals surface area contributed by atoms with E-state index in [4.69, 9.17) is 0 Å². The minimum Gasteiger partial charge on any atom is -0.285 e. The monoisotopic (exact) mass is 244 g/mol. The molecule has 0 fully saturated rings. The lowest BCUT2D eigenvalue weighted by Crippen LogP contribution is -1.78. The fourth-order valence-corrected chi connectivity index (χ4v) is 0.494. The summed E-state index contributed by atoms with van der Waals surface area (Å²) >= 11 is 0. The van der Waals surface area contributed by atoms with E-state index < -0.39 is 0 Å². The summed E-state index contributed by atoms with van der Waals surface area (Å²) < 4.78 is 0. The first-order chi connectivity index (χ1) is 8.77. The van der Waals surface area contributed by atoms with Gasteiger partial charge < -0.3 is 0 Å². The zero-order chi connectivity index (χ0) is 13.5. The van der Waals surface area contributed by atoms with Gasteiger partial charge in [0.15, 0.2) is 0 Å². The molecule has 0 aromatic rings. The van der Waals surface area contributed by atoms with E-state index >= 15 is 0 Å². The molecule has 0 aliphatic carbocycles. The summed E-state index contributed by atoms with van der Waals surface area (Å²) in [5.41, 5.74) is 0. The molecule has 0 rings (SSSR count). The van der Waals surface area contributed by atoms with Crippen LogP contribution in [0, 0.1) is 82.9 Å². The zero-order valence-corrected chi connectivity index (χ0v) is 9.91. The molecule has 1 nitrogen and oxygen atoms in total. The Balaban J connectivity index is -0.0000000401. The van der Waals surface area contributed by atoms with Gasteiger partial charge in [-0.1, -0.05) is 5.92 Å². The van der Waals surface area contributed by atoms with E-state index in [1.807, 2.05) is 0 Å². The number of hydrogen-bond acceptors (Lipinski definition) is 1. The predicted molar refractivity (Wildman–Crippen MR) is 89.8 cm³/mol. The predicted octanol–water partition coefficient (Wildman–Crippen LogP) is 2.83. The fraction of sp³-hybridized carbons (Fsp3) is 0.118. The third-order valence-electron chi connectivity index (χ3n) is 1.05. The topological polar surface area (TPSA) is 17.1 Å². The van der Waals surface area contributed by atoms with Crippen LogP contribution in [0.15, 0.2) is 0 Å². The van der Waals surface area contributed by atoms with Gasteiger partial charge in [0, 0.05) is 19.8 Å². The van der Waals surface area contributed by atoms with Gasteiger partial charge in [0.2, 0.25) is 5.78 Å². The maximum absolute atomic E-state index is 10.4. The first-order valence-corrected chi connectivity index (χ1v) is 4.70. The van der Waals surface area contributed by atoms with Crippen LogP contribution in [-0.4, -0.2) is 5.78 Å². The number of Topliss-reactive ketones (excluding diaryl/α,β-unsaturated/α-hetero) is 1. The summed E-state index contributed by atoms with van der Waals surface area (Å²) in [6.45, 7) is 3.05. The van der Waals surface area contributed by atoms with Crippen LogP contribution in [0.3, 0.4) is 0 Å². The van der Waals surface area contributed by atoms with Crippen LogP contribution in [-0.2, 0) is 4.79 Å². The van der Waals surface area contributed by atoms with Crippen molar-refractivity contribution in [2.45, 2.75) is 13.8 Å². The molecule has 0 heterocycles. The first-order valence-electron chi connectivity index (χ1n) is 4.70. The van der Waals surface area contributed by atoms with Crippen LogP contribution in [0.25, 0.3) is 0 Å². The molecule has 0 saturated carbocycles. The van der Waals surface area contributed by atoms with E-state index in [9.17, 15) is 4.79 Å². The molecular formula is C17H24O. The third-order valence-corrected chi connectivity index (χ3v) is 1.05. The lowest BCUT2D eigenvalue weighted by Gasteiger charge is -1.62. The first kappa shape index (κ1) is 14.6. The highest BCUT2D eigenvalue weighted by molar-refractivity contribution is 5.93. The van der Waals surface area contributed by atoms with Crippen molar-refractivity contribution < 1.29 is 17.6 Å². The number of hydrogen-bond donors (Lipinski definition) is 0. The molecule has 18 heavy (non-hydrogen) atoms. The maximum atomic E-state index is 10.4. The average molecular weight is 244 g/mol. The van der Waals surface area contributed by atoms with Crippen LogP contribution >= 0.6 is 0 Å². The number of carbonyl (C=O) groups excluding carboxylic acids is 1. The quantitative estimate of drug-likeness (QED) is 0.473. The highest BCUT2D eigenvalue weighted by Crippen LogP contribution is 1.60. The van der Waals surface area contributed by atoms with Crippen molar-refractivity contribution in [2.24, 2.45) is 0 Å². The molecule has 0 bridgehead atoms. The number of carbonyl (C=O) groups is 1. The normalized spacial score (nSPS) is 4.56. The van der Waals surface area contributed by atoms with E-state index in [0.29, 0.717) is 0 Å². The molecule has 0 aromatic carbocycles. The summed E-state index contributed by atoms with van der Waals surface area (Å²) in [5, 5.41) is 0.